The number of piperidine rings is 2. The van der Waals surface area contributed by atoms with Gasteiger partial charge in [0.25, 0.3) is 0 Å². The maximum atomic E-state index is 12.8. The number of likely N-dealkylation sites (tertiary alicyclic amines) is 1. The van der Waals surface area contributed by atoms with Gasteiger partial charge in [0.15, 0.2) is 0 Å². The van der Waals surface area contributed by atoms with Crippen molar-refractivity contribution in [3.63, 3.8) is 0 Å². The van der Waals surface area contributed by atoms with Gasteiger partial charge in [0.2, 0.25) is 5.91 Å². The summed E-state index contributed by atoms with van der Waals surface area (Å²) in [6.07, 6.45) is -1.14. The lowest BCUT2D eigenvalue weighted by molar-refractivity contribution is -0.137. The maximum Gasteiger partial charge on any atom is 0.417 e. The van der Waals surface area contributed by atoms with E-state index in [0.717, 1.165) is 31.9 Å². The summed E-state index contributed by atoms with van der Waals surface area (Å²) in [5.41, 5.74) is -0.858. The minimum Gasteiger partial charge on any atom is -0.355 e. The quantitative estimate of drug-likeness (QED) is 0.740. The molecular weight excluding hydrogens is 417 g/mol. The molecule has 1 aromatic rings. The predicted octanol–water partition coefficient (Wildman–Crippen LogP) is 4.06. The van der Waals surface area contributed by atoms with E-state index in [9.17, 15) is 18.0 Å². The van der Waals surface area contributed by atoms with E-state index in [1.165, 1.54) is 6.42 Å². The Morgan fingerprint density at radius 3 is 2.43 bits per heavy atom. The van der Waals surface area contributed by atoms with Crippen molar-refractivity contribution < 1.29 is 18.0 Å². The molecule has 3 heterocycles. The van der Waals surface area contributed by atoms with E-state index in [0.29, 0.717) is 50.1 Å². The second-order valence-electron chi connectivity index (χ2n) is 8.79. The Balaban J connectivity index is 1.44. The lowest BCUT2D eigenvalue weighted by atomic mass is 9.92. The molecule has 0 spiro atoms. The minimum atomic E-state index is -4.47. The standard InChI is InChI=1S/C21H30ClF3N4O/c1-14-9-15(2)13-28(12-14)8-5-26-20(30)16-3-6-29(7-4-16)19-18(22)10-17(11-27-19)21(23,24)25/h10-11,14-16H,3-9,12-13H2,1-2H3,(H,26,30). The predicted molar refractivity (Wildman–Crippen MR) is 112 cm³/mol. The highest BCUT2D eigenvalue weighted by Gasteiger charge is 2.33. The summed E-state index contributed by atoms with van der Waals surface area (Å²) in [4.78, 5) is 20.7. The fraction of sp³-hybridized carbons (Fsp3) is 0.714. The number of hydrogen-bond acceptors (Lipinski definition) is 4. The Kier molecular flexibility index (Phi) is 7.50. The third-order valence-corrected chi connectivity index (χ3v) is 6.26. The number of carbonyl (C=O) groups is 1. The van der Waals surface area contributed by atoms with Crippen molar-refractivity contribution in [2.75, 3.05) is 44.2 Å². The Bertz CT molecular complexity index is 727. The van der Waals surface area contributed by atoms with Gasteiger partial charge < -0.3 is 15.1 Å². The number of hydrogen-bond donors (Lipinski definition) is 1. The topological polar surface area (TPSA) is 48.5 Å². The van der Waals surface area contributed by atoms with Gasteiger partial charge in [-0.1, -0.05) is 25.4 Å². The zero-order valence-corrected chi connectivity index (χ0v) is 18.3. The lowest BCUT2D eigenvalue weighted by Crippen LogP contribution is -2.45. The number of nitrogens with zero attached hydrogens (tertiary/aromatic N) is 3. The van der Waals surface area contributed by atoms with Crippen LogP contribution in [0.1, 0.15) is 38.7 Å². The molecule has 1 aromatic heterocycles. The van der Waals surface area contributed by atoms with Crippen LogP contribution in [0.25, 0.3) is 0 Å². The average molecular weight is 447 g/mol. The number of halogens is 4. The number of pyridine rings is 1. The highest BCUT2D eigenvalue weighted by atomic mass is 35.5. The molecule has 0 bridgehead atoms. The molecule has 3 rings (SSSR count). The monoisotopic (exact) mass is 446 g/mol. The number of aromatic nitrogens is 1. The van der Waals surface area contributed by atoms with E-state index in [1.807, 2.05) is 4.90 Å². The molecule has 5 nitrogen and oxygen atoms in total. The Labute approximate surface area is 181 Å². The molecule has 168 valence electrons. The van der Waals surface area contributed by atoms with Crippen LogP contribution in [0.4, 0.5) is 19.0 Å². The van der Waals surface area contributed by atoms with Crippen molar-refractivity contribution in [1.29, 1.82) is 0 Å². The lowest BCUT2D eigenvalue weighted by Gasteiger charge is -2.35. The van der Waals surface area contributed by atoms with Gasteiger partial charge in [-0.05, 0) is 37.2 Å². The van der Waals surface area contributed by atoms with Gasteiger partial charge in [0, 0.05) is 51.4 Å². The van der Waals surface area contributed by atoms with Crippen LogP contribution in [0.5, 0.6) is 0 Å². The number of alkyl halides is 3. The molecule has 1 amide bonds. The van der Waals surface area contributed by atoms with Crippen LogP contribution in [-0.4, -0.2) is 55.1 Å². The van der Waals surface area contributed by atoms with Gasteiger partial charge in [-0.25, -0.2) is 4.98 Å². The highest BCUT2D eigenvalue weighted by Crippen LogP contribution is 2.34. The summed E-state index contributed by atoms with van der Waals surface area (Å²) < 4.78 is 38.3. The maximum absolute atomic E-state index is 12.8. The number of rotatable bonds is 5. The fourth-order valence-corrected chi connectivity index (χ4v) is 4.91. The molecule has 2 saturated heterocycles. The average Bonchev–Trinajstić information content (AvgIpc) is 2.66. The van der Waals surface area contributed by atoms with E-state index in [4.69, 9.17) is 11.6 Å². The summed E-state index contributed by atoms with van der Waals surface area (Å²) in [6, 6.07) is 0.908. The first-order chi connectivity index (χ1) is 14.1. The summed E-state index contributed by atoms with van der Waals surface area (Å²) in [5, 5.41) is 3.04. The van der Waals surface area contributed by atoms with Gasteiger partial charge in [-0.15, -0.1) is 0 Å². The van der Waals surface area contributed by atoms with Gasteiger partial charge in [-0.3, -0.25) is 4.79 Å². The van der Waals surface area contributed by atoms with Gasteiger partial charge >= 0.3 is 6.18 Å². The largest absolute Gasteiger partial charge is 0.417 e. The Morgan fingerprint density at radius 1 is 1.23 bits per heavy atom. The van der Waals surface area contributed by atoms with Crippen LogP contribution in [-0.2, 0) is 11.0 Å². The molecule has 0 aliphatic carbocycles. The molecule has 2 unspecified atom stereocenters. The van der Waals surface area contributed by atoms with E-state index < -0.39 is 11.7 Å². The molecule has 9 heteroatoms. The summed E-state index contributed by atoms with van der Waals surface area (Å²) in [5.74, 6) is 1.70. The first kappa shape index (κ1) is 23.1. The van der Waals surface area contributed by atoms with Crippen molar-refractivity contribution in [1.82, 2.24) is 15.2 Å². The molecule has 0 radical (unpaired) electrons. The van der Waals surface area contributed by atoms with Crippen molar-refractivity contribution in [3.05, 3.63) is 22.8 Å². The van der Waals surface area contributed by atoms with Gasteiger partial charge in [0.1, 0.15) is 5.82 Å². The van der Waals surface area contributed by atoms with E-state index in [-0.39, 0.29) is 16.8 Å². The number of carbonyl (C=O) groups excluding carboxylic acids is 1. The molecule has 2 aliphatic heterocycles. The molecule has 1 N–H and O–H groups in total. The number of amides is 1. The Hall–Kier alpha value is -1.54. The summed E-state index contributed by atoms with van der Waals surface area (Å²) in [6.45, 7) is 9.29. The van der Waals surface area contributed by atoms with Gasteiger partial charge in [0.05, 0.1) is 10.6 Å². The summed E-state index contributed by atoms with van der Waals surface area (Å²) in [7, 11) is 0. The molecule has 2 atom stereocenters. The van der Waals surface area contributed by atoms with Crippen molar-refractivity contribution >= 4 is 23.3 Å². The Morgan fingerprint density at radius 2 is 1.87 bits per heavy atom. The third-order valence-electron chi connectivity index (χ3n) is 5.99. The molecule has 0 saturated carbocycles. The first-order valence-corrected chi connectivity index (χ1v) is 11.0. The second-order valence-corrected chi connectivity index (χ2v) is 9.19. The van der Waals surface area contributed by atoms with Crippen molar-refractivity contribution in [3.8, 4) is 0 Å². The van der Waals surface area contributed by atoms with E-state index in [2.05, 4.69) is 29.0 Å². The molecule has 30 heavy (non-hydrogen) atoms. The van der Waals surface area contributed by atoms with Gasteiger partial charge in [-0.2, -0.15) is 13.2 Å². The number of nitrogens with one attached hydrogen (secondary N) is 1. The normalized spacial score (nSPS) is 24.1. The summed E-state index contributed by atoms with van der Waals surface area (Å²) >= 11 is 6.04. The fourth-order valence-electron chi connectivity index (χ4n) is 4.63. The highest BCUT2D eigenvalue weighted by molar-refractivity contribution is 6.33. The third kappa shape index (κ3) is 6.00. The van der Waals surface area contributed by atoms with E-state index >= 15 is 0 Å². The SMILES string of the molecule is CC1CC(C)CN(CCNC(=O)C2CCN(c3ncc(C(F)(F)F)cc3Cl)CC2)C1. The van der Waals surface area contributed by atoms with E-state index in [1.54, 1.807) is 0 Å². The zero-order valence-electron chi connectivity index (χ0n) is 17.5. The van der Waals surface area contributed by atoms with Crippen LogP contribution in [0.15, 0.2) is 12.3 Å². The van der Waals surface area contributed by atoms with Crippen molar-refractivity contribution in [2.45, 2.75) is 39.3 Å². The van der Waals surface area contributed by atoms with Crippen molar-refractivity contribution in [2.24, 2.45) is 17.8 Å². The smallest absolute Gasteiger partial charge is 0.355 e. The molecule has 2 aliphatic rings. The van der Waals surface area contributed by atoms with Crippen LogP contribution in [0.3, 0.4) is 0 Å². The van der Waals surface area contributed by atoms with Crippen LogP contribution < -0.4 is 10.2 Å². The number of anilines is 1. The minimum absolute atomic E-state index is 0.0160. The molecule has 0 aromatic carbocycles. The van der Waals surface area contributed by atoms with Crippen LogP contribution in [0, 0.1) is 17.8 Å². The first-order valence-electron chi connectivity index (χ1n) is 10.6. The molecular formula is C21H30ClF3N4O. The van der Waals surface area contributed by atoms with Crippen LogP contribution in [0.2, 0.25) is 5.02 Å². The second kappa shape index (κ2) is 9.73. The molecule has 2 fully saturated rings. The zero-order chi connectivity index (χ0) is 21.9. The van der Waals surface area contributed by atoms with Crippen LogP contribution >= 0.6 is 11.6 Å².